The number of fused-ring (bicyclic) bond motifs is 1. The summed E-state index contributed by atoms with van der Waals surface area (Å²) in [5, 5.41) is 3.01. The minimum Gasteiger partial charge on any atom is -0.354 e. The van der Waals surface area contributed by atoms with Gasteiger partial charge in [0.15, 0.2) is 0 Å². The van der Waals surface area contributed by atoms with Crippen molar-refractivity contribution in [3.8, 4) is 0 Å². The van der Waals surface area contributed by atoms with Crippen LogP contribution in [0, 0.1) is 9.49 Å². The van der Waals surface area contributed by atoms with Gasteiger partial charge in [0.1, 0.15) is 5.82 Å². The van der Waals surface area contributed by atoms with Gasteiger partial charge in [-0.3, -0.25) is 4.79 Å². The van der Waals surface area contributed by atoms with Crippen LogP contribution in [0.5, 0.6) is 0 Å². The zero-order valence-electron chi connectivity index (χ0n) is 11.6. The molecule has 0 bridgehead atoms. The highest BCUT2D eigenvalue weighted by Crippen LogP contribution is 2.28. The molecule has 0 unspecified atom stereocenters. The number of alkyl halides is 1. The molecule has 1 N–H and O–H groups in total. The molecule has 0 atom stereocenters. The van der Waals surface area contributed by atoms with E-state index in [0.29, 0.717) is 12.4 Å². The highest BCUT2D eigenvalue weighted by Gasteiger charge is 2.29. The molecule has 4 nitrogen and oxygen atoms in total. The molecule has 0 radical (unpaired) electrons. The number of aryl methyl sites for hydroxylation is 1. The van der Waals surface area contributed by atoms with Gasteiger partial charge in [0.05, 0.1) is 11.0 Å². The number of hydrogen-bond donors (Lipinski definition) is 1. The Morgan fingerprint density at radius 3 is 3.00 bits per heavy atom. The van der Waals surface area contributed by atoms with Gasteiger partial charge in [0.25, 0.3) is 0 Å². The molecule has 3 rings (SSSR count). The van der Waals surface area contributed by atoms with Crippen LogP contribution >= 0.6 is 34.2 Å². The van der Waals surface area contributed by atoms with Gasteiger partial charge in [-0.1, -0.05) is 0 Å². The van der Waals surface area contributed by atoms with E-state index in [0.717, 1.165) is 42.7 Å². The van der Waals surface area contributed by atoms with E-state index in [9.17, 15) is 4.79 Å². The maximum Gasteiger partial charge on any atom is 0.223 e. The lowest BCUT2D eigenvalue weighted by Crippen LogP contribution is -2.28. The fourth-order valence-electron chi connectivity index (χ4n) is 2.46. The second-order valence-corrected chi connectivity index (χ2v) is 6.94. The van der Waals surface area contributed by atoms with Crippen molar-refractivity contribution >= 4 is 51.1 Å². The molecule has 1 saturated carbocycles. The van der Waals surface area contributed by atoms with E-state index in [1.165, 1.54) is 3.57 Å². The lowest BCUT2D eigenvalue weighted by Gasteiger charge is -2.09. The highest BCUT2D eigenvalue weighted by molar-refractivity contribution is 14.1. The van der Waals surface area contributed by atoms with E-state index in [-0.39, 0.29) is 11.8 Å². The molecule has 0 spiro atoms. The Morgan fingerprint density at radius 2 is 2.29 bits per heavy atom. The molecule has 1 aromatic heterocycles. The second-order valence-electron chi connectivity index (χ2n) is 5.32. The summed E-state index contributed by atoms with van der Waals surface area (Å²) < 4.78 is 3.34. The summed E-state index contributed by atoms with van der Waals surface area (Å²) in [6.45, 7) is 1.38. The van der Waals surface area contributed by atoms with Gasteiger partial charge in [0.2, 0.25) is 5.91 Å². The molecule has 1 heterocycles. The summed E-state index contributed by atoms with van der Waals surface area (Å²) in [6.07, 6.45) is 2.81. The van der Waals surface area contributed by atoms with Crippen LogP contribution in [0.2, 0.25) is 0 Å². The maximum absolute atomic E-state index is 11.7. The van der Waals surface area contributed by atoms with Gasteiger partial charge >= 0.3 is 0 Å². The number of hydrogen-bond acceptors (Lipinski definition) is 2. The topological polar surface area (TPSA) is 46.9 Å². The Bertz CT molecular complexity index is 666. The van der Waals surface area contributed by atoms with E-state index in [2.05, 4.69) is 55.7 Å². The van der Waals surface area contributed by atoms with Crippen molar-refractivity contribution < 1.29 is 4.79 Å². The number of imidazole rings is 1. The van der Waals surface area contributed by atoms with E-state index >= 15 is 0 Å². The number of carbonyl (C=O) groups excluding carboxylic acids is 1. The summed E-state index contributed by atoms with van der Waals surface area (Å²) >= 11 is 8.17. The molecular weight excluding hydrogens is 401 g/mol. The van der Waals surface area contributed by atoms with Crippen molar-refractivity contribution in [3.05, 3.63) is 27.6 Å². The number of rotatable bonds is 6. The normalized spacial score (nSPS) is 14.6. The molecule has 2 aromatic rings. The van der Waals surface area contributed by atoms with Crippen molar-refractivity contribution in [3.63, 3.8) is 0 Å². The summed E-state index contributed by atoms with van der Waals surface area (Å²) in [5.41, 5.74) is 2.10. The number of aromatic nitrogens is 2. The van der Waals surface area contributed by atoms with Gasteiger partial charge in [0, 0.05) is 34.9 Å². The van der Waals surface area contributed by atoms with E-state index < -0.39 is 0 Å². The van der Waals surface area contributed by atoms with Crippen LogP contribution in [0.15, 0.2) is 18.2 Å². The lowest BCUT2D eigenvalue weighted by molar-refractivity contribution is -0.122. The first kappa shape index (κ1) is 15.1. The summed E-state index contributed by atoms with van der Waals surface area (Å²) in [5.74, 6) is 1.98. The summed E-state index contributed by atoms with van der Waals surface area (Å²) in [4.78, 5) is 16.4. The monoisotopic (exact) mass is 417 g/mol. The number of nitrogens with one attached hydrogen (secondary N) is 1. The second kappa shape index (κ2) is 6.52. The number of amides is 1. The standard InChI is InChI=1S/C15H17ClIN3O/c16-6-5-14-19-12-9-11(17)3-4-13(12)20(14)8-7-18-15(21)10-1-2-10/h3-4,9-10H,1-2,5-8H2,(H,18,21). The van der Waals surface area contributed by atoms with E-state index in [4.69, 9.17) is 11.6 Å². The number of benzene rings is 1. The molecule has 112 valence electrons. The first-order valence-corrected chi connectivity index (χ1v) is 8.78. The largest absolute Gasteiger partial charge is 0.354 e. The molecule has 6 heteroatoms. The molecule has 1 aromatic carbocycles. The fourth-order valence-corrected chi connectivity index (χ4v) is 3.10. The molecule has 21 heavy (non-hydrogen) atoms. The van der Waals surface area contributed by atoms with Crippen LogP contribution in [0.4, 0.5) is 0 Å². The molecular formula is C15H17ClIN3O. The lowest BCUT2D eigenvalue weighted by atomic mass is 10.3. The van der Waals surface area contributed by atoms with Gasteiger partial charge in [-0.2, -0.15) is 0 Å². The average Bonchev–Trinajstić information content (AvgIpc) is 3.24. The smallest absolute Gasteiger partial charge is 0.223 e. The predicted molar refractivity (Wildman–Crippen MR) is 92.6 cm³/mol. The zero-order valence-corrected chi connectivity index (χ0v) is 14.5. The third-order valence-corrected chi connectivity index (χ3v) is 4.55. The van der Waals surface area contributed by atoms with Crippen LogP contribution in [-0.2, 0) is 17.8 Å². The highest BCUT2D eigenvalue weighted by atomic mass is 127. The molecule has 1 aliphatic carbocycles. The number of carbonyl (C=O) groups is 1. The Labute approximate surface area is 142 Å². The van der Waals surface area contributed by atoms with Crippen molar-refractivity contribution in [1.29, 1.82) is 0 Å². The molecule has 1 amide bonds. The van der Waals surface area contributed by atoms with Crippen LogP contribution in [-0.4, -0.2) is 27.9 Å². The third kappa shape index (κ3) is 3.51. The van der Waals surface area contributed by atoms with Gasteiger partial charge in [-0.05, 0) is 53.6 Å². The van der Waals surface area contributed by atoms with Crippen LogP contribution in [0.1, 0.15) is 18.7 Å². The van der Waals surface area contributed by atoms with E-state index in [1.807, 2.05) is 0 Å². The van der Waals surface area contributed by atoms with Gasteiger partial charge in [-0.25, -0.2) is 4.98 Å². The Hall–Kier alpha value is -0.820. The molecule has 0 saturated heterocycles. The van der Waals surface area contributed by atoms with Crippen molar-refractivity contribution in [2.75, 3.05) is 12.4 Å². The Kier molecular flexibility index (Phi) is 4.69. The SMILES string of the molecule is O=C(NCCn1c(CCCl)nc2cc(I)ccc21)C1CC1. The Morgan fingerprint density at radius 1 is 1.48 bits per heavy atom. The van der Waals surface area contributed by atoms with Crippen molar-refractivity contribution in [2.24, 2.45) is 5.92 Å². The average molecular weight is 418 g/mol. The van der Waals surface area contributed by atoms with Crippen molar-refractivity contribution in [1.82, 2.24) is 14.9 Å². The van der Waals surface area contributed by atoms with E-state index in [1.54, 1.807) is 0 Å². The number of halogens is 2. The third-order valence-electron chi connectivity index (χ3n) is 3.69. The Balaban J connectivity index is 1.77. The summed E-state index contributed by atoms with van der Waals surface area (Å²) in [6, 6.07) is 6.24. The minimum atomic E-state index is 0.188. The summed E-state index contributed by atoms with van der Waals surface area (Å²) in [7, 11) is 0. The quantitative estimate of drug-likeness (QED) is 0.580. The molecule has 1 aliphatic rings. The first-order valence-electron chi connectivity index (χ1n) is 7.17. The number of nitrogens with zero attached hydrogens (tertiary/aromatic N) is 2. The van der Waals surface area contributed by atoms with Gasteiger partial charge in [-0.15, -0.1) is 11.6 Å². The molecule has 0 aliphatic heterocycles. The maximum atomic E-state index is 11.7. The minimum absolute atomic E-state index is 0.188. The van der Waals surface area contributed by atoms with Crippen molar-refractivity contribution in [2.45, 2.75) is 25.8 Å². The first-order chi connectivity index (χ1) is 10.2. The predicted octanol–water partition coefficient (Wildman–Crippen LogP) is 2.95. The van der Waals surface area contributed by atoms with Gasteiger partial charge < -0.3 is 9.88 Å². The zero-order chi connectivity index (χ0) is 14.8. The molecule has 1 fully saturated rings. The van der Waals surface area contributed by atoms with Crippen LogP contribution in [0.25, 0.3) is 11.0 Å². The van der Waals surface area contributed by atoms with Crippen LogP contribution < -0.4 is 5.32 Å². The van der Waals surface area contributed by atoms with Crippen LogP contribution in [0.3, 0.4) is 0 Å². The fraction of sp³-hybridized carbons (Fsp3) is 0.467.